The van der Waals surface area contributed by atoms with E-state index in [1.54, 1.807) is 0 Å². The van der Waals surface area contributed by atoms with Crippen LogP contribution >= 0.6 is 0 Å². The summed E-state index contributed by atoms with van der Waals surface area (Å²) in [7, 11) is 0. The minimum absolute atomic E-state index is 0.0401. The lowest BCUT2D eigenvalue weighted by atomic mass is 9.70. The van der Waals surface area contributed by atoms with Crippen molar-refractivity contribution in [3.8, 4) is 0 Å². The molecule has 0 radical (unpaired) electrons. The number of carboxylic acid groups (broad SMARTS) is 1. The molecule has 20 heavy (non-hydrogen) atoms. The van der Waals surface area contributed by atoms with Gasteiger partial charge in [0.05, 0.1) is 6.42 Å². The summed E-state index contributed by atoms with van der Waals surface area (Å²) < 4.78 is 0. The second-order valence-electron chi connectivity index (χ2n) is 7.28. The van der Waals surface area contributed by atoms with Crippen LogP contribution in [0.15, 0.2) is 0 Å². The van der Waals surface area contributed by atoms with E-state index in [0.717, 1.165) is 37.8 Å². The number of hydrogen-bond donors (Lipinski definition) is 1. The van der Waals surface area contributed by atoms with Crippen molar-refractivity contribution in [1.29, 1.82) is 0 Å². The van der Waals surface area contributed by atoms with Gasteiger partial charge in [-0.25, -0.2) is 0 Å². The summed E-state index contributed by atoms with van der Waals surface area (Å²) in [5.41, 5.74) is -0.0401. The van der Waals surface area contributed by atoms with Crippen molar-refractivity contribution < 1.29 is 9.90 Å². The Hall–Kier alpha value is -0.570. The van der Waals surface area contributed by atoms with Crippen LogP contribution in [0.25, 0.3) is 0 Å². The molecule has 2 rings (SSSR count). The van der Waals surface area contributed by atoms with Crippen LogP contribution in [0.2, 0.25) is 0 Å². The van der Waals surface area contributed by atoms with Gasteiger partial charge in [-0.2, -0.15) is 0 Å². The highest BCUT2D eigenvalue weighted by atomic mass is 16.4. The van der Waals surface area contributed by atoms with Gasteiger partial charge in [-0.1, -0.05) is 26.7 Å². The van der Waals surface area contributed by atoms with Crippen LogP contribution in [0, 0.1) is 11.8 Å². The molecule has 2 fully saturated rings. The van der Waals surface area contributed by atoms with E-state index >= 15 is 0 Å². The van der Waals surface area contributed by atoms with E-state index in [9.17, 15) is 9.90 Å². The molecule has 1 aliphatic carbocycles. The van der Waals surface area contributed by atoms with E-state index in [-0.39, 0.29) is 5.54 Å². The first-order chi connectivity index (χ1) is 9.53. The molecule has 1 N–H and O–H groups in total. The third kappa shape index (κ3) is 3.75. The van der Waals surface area contributed by atoms with Gasteiger partial charge in [-0.3, -0.25) is 9.69 Å². The molecule has 116 valence electrons. The van der Waals surface area contributed by atoms with E-state index < -0.39 is 5.97 Å². The molecule has 1 aliphatic heterocycles. The molecule has 0 amide bonds. The number of aliphatic carboxylic acids is 1. The van der Waals surface area contributed by atoms with Crippen molar-refractivity contribution in [3.63, 3.8) is 0 Å². The Morgan fingerprint density at radius 1 is 1.15 bits per heavy atom. The van der Waals surface area contributed by atoms with E-state index in [1.807, 2.05) is 0 Å². The zero-order valence-corrected chi connectivity index (χ0v) is 13.2. The lowest BCUT2D eigenvalue weighted by Crippen LogP contribution is -2.53. The van der Waals surface area contributed by atoms with E-state index in [2.05, 4.69) is 18.7 Å². The van der Waals surface area contributed by atoms with Gasteiger partial charge in [-0.05, 0) is 63.5 Å². The van der Waals surface area contributed by atoms with Crippen molar-refractivity contribution in [3.05, 3.63) is 0 Å². The third-order valence-electron chi connectivity index (χ3n) is 5.66. The maximum absolute atomic E-state index is 11.4. The zero-order chi connectivity index (χ0) is 14.6. The van der Waals surface area contributed by atoms with Gasteiger partial charge in [0.15, 0.2) is 0 Å². The number of rotatable bonds is 4. The Morgan fingerprint density at radius 3 is 2.15 bits per heavy atom. The second-order valence-corrected chi connectivity index (χ2v) is 7.28. The van der Waals surface area contributed by atoms with Crippen LogP contribution in [0.4, 0.5) is 0 Å². The number of hydrogen-bond acceptors (Lipinski definition) is 2. The minimum Gasteiger partial charge on any atom is -0.481 e. The maximum Gasteiger partial charge on any atom is 0.305 e. The van der Waals surface area contributed by atoms with Crippen LogP contribution in [-0.4, -0.2) is 34.6 Å². The third-order valence-corrected chi connectivity index (χ3v) is 5.66. The fourth-order valence-corrected chi connectivity index (χ4v) is 4.28. The highest BCUT2D eigenvalue weighted by Crippen LogP contribution is 2.42. The summed E-state index contributed by atoms with van der Waals surface area (Å²) in [5, 5.41) is 9.38. The lowest BCUT2D eigenvalue weighted by molar-refractivity contribution is -0.141. The molecule has 0 spiro atoms. The van der Waals surface area contributed by atoms with Crippen LogP contribution < -0.4 is 0 Å². The first-order valence-corrected chi connectivity index (χ1v) is 8.50. The van der Waals surface area contributed by atoms with Crippen molar-refractivity contribution in [1.82, 2.24) is 4.90 Å². The van der Waals surface area contributed by atoms with E-state index in [1.165, 1.54) is 38.5 Å². The van der Waals surface area contributed by atoms with E-state index in [0.29, 0.717) is 6.42 Å². The molecule has 1 heterocycles. The smallest absolute Gasteiger partial charge is 0.305 e. The predicted molar refractivity (Wildman–Crippen MR) is 81.8 cm³/mol. The average molecular weight is 281 g/mol. The molecule has 1 saturated heterocycles. The summed E-state index contributed by atoms with van der Waals surface area (Å²) in [6, 6.07) is 0. The molecule has 1 saturated carbocycles. The first-order valence-electron chi connectivity index (χ1n) is 8.50. The molecule has 0 aromatic carbocycles. The van der Waals surface area contributed by atoms with Crippen molar-refractivity contribution in [2.75, 3.05) is 13.1 Å². The fourth-order valence-electron chi connectivity index (χ4n) is 4.28. The molecule has 3 heteroatoms. The Kier molecular flexibility index (Phi) is 5.48. The predicted octanol–water partition coefficient (Wildman–Crippen LogP) is 3.92. The van der Waals surface area contributed by atoms with E-state index in [4.69, 9.17) is 0 Å². The van der Waals surface area contributed by atoms with Crippen molar-refractivity contribution >= 4 is 5.97 Å². The van der Waals surface area contributed by atoms with Crippen molar-refractivity contribution in [2.45, 2.75) is 77.2 Å². The van der Waals surface area contributed by atoms with Crippen LogP contribution in [0.3, 0.4) is 0 Å². The SMILES string of the molecule is CC(C)C1CCC(CC(=O)O)(N2CCCCCC2)CC1. The number of nitrogens with zero attached hydrogens (tertiary/aromatic N) is 1. The largest absolute Gasteiger partial charge is 0.481 e. The van der Waals surface area contributed by atoms with Gasteiger partial charge in [0.2, 0.25) is 0 Å². The Balaban J connectivity index is 2.08. The number of likely N-dealkylation sites (tertiary alicyclic amines) is 1. The van der Waals surface area contributed by atoms with Gasteiger partial charge >= 0.3 is 5.97 Å². The highest BCUT2D eigenvalue weighted by Gasteiger charge is 2.42. The number of carboxylic acids is 1. The minimum atomic E-state index is -0.614. The normalized spacial score (nSPS) is 33.0. The topological polar surface area (TPSA) is 40.5 Å². The van der Waals surface area contributed by atoms with Gasteiger partial charge < -0.3 is 5.11 Å². The molecule has 2 aliphatic rings. The highest BCUT2D eigenvalue weighted by molar-refractivity contribution is 5.68. The van der Waals surface area contributed by atoms with Gasteiger partial charge in [0.1, 0.15) is 0 Å². The maximum atomic E-state index is 11.4. The molecular formula is C17H31NO2. The van der Waals surface area contributed by atoms with Gasteiger partial charge in [0.25, 0.3) is 0 Å². The summed E-state index contributed by atoms with van der Waals surface area (Å²) in [4.78, 5) is 13.9. The molecular weight excluding hydrogens is 250 g/mol. The Morgan fingerprint density at radius 2 is 1.70 bits per heavy atom. The van der Waals surface area contributed by atoms with Crippen LogP contribution in [0.5, 0.6) is 0 Å². The standard InChI is InChI=1S/C17H31NO2/c1-14(2)15-7-9-17(10-8-15,13-16(19)20)18-11-5-3-4-6-12-18/h14-15H,3-13H2,1-2H3,(H,19,20). The van der Waals surface area contributed by atoms with Gasteiger partial charge in [0, 0.05) is 5.54 Å². The molecule has 0 atom stereocenters. The first kappa shape index (κ1) is 15.8. The van der Waals surface area contributed by atoms with Gasteiger partial charge in [-0.15, -0.1) is 0 Å². The molecule has 0 aromatic heterocycles. The summed E-state index contributed by atoms with van der Waals surface area (Å²) in [6.45, 7) is 6.83. The monoisotopic (exact) mass is 281 g/mol. The summed E-state index contributed by atoms with van der Waals surface area (Å²) in [6.07, 6.45) is 10.1. The molecule has 0 unspecified atom stereocenters. The van der Waals surface area contributed by atoms with Crippen molar-refractivity contribution in [2.24, 2.45) is 11.8 Å². The lowest BCUT2D eigenvalue weighted by Gasteiger charge is -2.48. The quantitative estimate of drug-likeness (QED) is 0.849. The second kappa shape index (κ2) is 6.93. The zero-order valence-electron chi connectivity index (χ0n) is 13.2. The average Bonchev–Trinajstić information content (AvgIpc) is 2.67. The Labute approximate surface area is 123 Å². The fraction of sp³-hybridized carbons (Fsp3) is 0.941. The molecule has 0 aromatic rings. The van der Waals surface area contributed by atoms with Crippen LogP contribution in [-0.2, 0) is 4.79 Å². The molecule has 3 nitrogen and oxygen atoms in total. The summed E-state index contributed by atoms with van der Waals surface area (Å²) >= 11 is 0. The molecule has 0 bridgehead atoms. The number of carbonyl (C=O) groups is 1. The van der Waals surface area contributed by atoms with Crippen LogP contribution in [0.1, 0.15) is 71.6 Å². The Bertz CT molecular complexity index is 311. The summed E-state index contributed by atoms with van der Waals surface area (Å²) in [5.74, 6) is 0.920.